The van der Waals surface area contributed by atoms with Gasteiger partial charge in [0, 0.05) is 16.9 Å². The van der Waals surface area contributed by atoms with Gasteiger partial charge >= 0.3 is 0 Å². The van der Waals surface area contributed by atoms with E-state index in [-0.39, 0.29) is 28.9 Å². The fourth-order valence-electron chi connectivity index (χ4n) is 5.26. The number of furan rings is 1. The second kappa shape index (κ2) is 8.35. The first-order valence-corrected chi connectivity index (χ1v) is 11.4. The SMILES string of the molecule is CCCC(c1coc2c(C=O)c(O)c(CC(C)C)cc12)C1CCC2(CO1)OC2CC. The molecule has 30 heavy (non-hydrogen) atoms. The zero-order chi connectivity index (χ0) is 21.5. The van der Waals surface area contributed by atoms with Crippen molar-refractivity contribution in [2.24, 2.45) is 5.92 Å². The molecular formula is C25H34O5. The molecule has 0 amide bonds. The van der Waals surface area contributed by atoms with Gasteiger partial charge in [-0.1, -0.05) is 34.1 Å². The van der Waals surface area contributed by atoms with E-state index in [0.717, 1.165) is 48.6 Å². The topological polar surface area (TPSA) is 72.2 Å². The molecule has 4 rings (SSSR count). The van der Waals surface area contributed by atoms with Crippen molar-refractivity contribution in [2.45, 2.75) is 89.9 Å². The Labute approximate surface area is 178 Å². The first-order valence-electron chi connectivity index (χ1n) is 11.4. The smallest absolute Gasteiger partial charge is 0.157 e. The number of benzene rings is 1. The number of aldehydes is 1. The van der Waals surface area contributed by atoms with Gasteiger partial charge in [0.05, 0.1) is 30.6 Å². The minimum Gasteiger partial charge on any atom is -0.507 e. The molecule has 2 aliphatic heterocycles. The van der Waals surface area contributed by atoms with Crippen molar-refractivity contribution in [2.75, 3.05) is 6.61 Å². The molecule has 1 spiro atoms. The highest BCUT2D eigenvalue weighted by Crippen LogP contribution is 2.49. The lowest BCUT2D eigenvalue weighted by Gasteiger charge is -2.33. The van der Waals surface area contributed by atoms with Gasteiger partial charge in [-0.3, -0.25) is 4.79 Å². The number of phenolic OH excluding ortho intramolecular Hbond substituents is 1. The van der Waals surface area contributed by atoms with Crippen molar-refractivity contribution in [1.29, 1.82) is 0 Å². The van der Waals surface area contributed by atoms with Gasteiger partial charge in [0.2, 0.25) is 0 Å². The maximum absolute atomic E-state index is 11.8. The number of fused-ring (bicyclic) bond motifs is 1. The number of epoxide rings is 1. The van der Waals surface area contributed by atoms with Gasteiger partial charge in [-0.25, -0.2) is 0 Å². The van der Waals surface area contributed by atoms with Gasteiger partial charge in [-0.2, -0.15) is 0 Å². The fourth-order valence-corrected chi connectivity index (χ4v) is 5.26. The van der Waals surface area contributed by atoms with Crippen molar-refractivity contribution < 1.29 is 23.8 Å². The minimum atomic E-state index is -0.0542. The van der Waals surface area contributed by atoms with Gasteiger partial charge in [0.1, 0.15) is 16.9 Å². The summed E-state index contributed by atoms with van der Waals surface area (Å²) in [7, 11) is 0. The number of carbonyl (C=O) groups excluding carboxylic acids is 1. The Morgan fingerprint density at radius 1 is 1.33 bits per heavy atom. The van der Waals surface area contributed by atoms with Crippen LogP contribution in [0.5, 0.6) is 5.75 Å². The molecule has 2 fully saturated rings. The van der Waals surface area contributed by atoms with Crippen LogP contribution in [0.4, 0.5) is 0 Å². The van der Waals surface area contributed by atoms with E-state index in [2.05, 4.69) is 27.7 Å². The third kappa shape index (κ3) is 3.67. The molecule has 0 radical (unpaired) electrons. The lowest BCUT2D eigenvalue weighted by atomic mass is 9.82. The average molecular weight is 415 g/mol. The van der Waals surface area contributed by atoms with E-state index in [1.807, 2.05) is 6.07 Å². The van der Waals surface area contributed by atoms with Crippen molar-refractivity contribution in [1.82, 2.24) is 0 Å². The van der Waals surface area contributed by atoms with E-state index in [1.54, 1.807) is 6.26 Å². The molecule has 0 aliphatic carbocycles. The van der Waals surface area contributed by atoms with Gasteiger partial charge in [-0.15, -0.1) is 0 Å². The third-order valence-electron chi connectivity index (χ3n) is 6.85. The Balaban J connectivity index is 1.68. The van der Waals surface area contributed by atoms with Crippen molar-refractivity contribution in [3.8, 4) is 5.75 Å². The standard InChI is InChI=1S/C25H34O5/c1-5-7-17(21-8-9-25(14-29-21)22(6-2)30-25)20-13-28-24-18(20)11-16(10-15(3)4)23(27)19(24)12-26/h11-13,15,17,21-22,27H,5-10,14H2,1-4H3. The maximum Gasteiger partial charge on any atom is 0.157 e. The zero-order valence-electron chi connectivity index (χ0n) is 18.6. The zero-order valence-corrected chi connectivity index (χ0v) is 18.6. The van der Waals surface area contributed by atoms with Crippen molar-refractivity contribution in [3.05, 3.63) is 29.0 Å². The molecule has 0 saturated carbocycles. The normalized spacial score (nSPS) is 27.1. The first-order chi connectivity index (χ1) is 14.4. The minimum absolute atomic E-state index is 0.0477. The van der Waals surface area contributed by atoms with Crippen LogP contribution in [0.2, 0.25) is 0 Å². The Hall–Kier alpha value is -1.85. The van der Waals surface area contributed by atoms with Crippen LogP contribution >= 0.6 is 0 Å². The molecule has 2 aliphatic rings. The second-order valence-electron chi connectivity index (χ2n) is 9.44. The van der Waals surface area contributed by atoms with Crippen LogP contribution in [0.3, 0.4) is 0 Å². The van der Waals surface area contributed by atoms with Crippen LogP contribution in [-0.4, -0.2) is 35.8 Å². The maximum atomic E-state index is 11.8. The van der Waals surface area contributed by atoms with Gasteiger partial charge in [0.25, 0.3) is 0 Å². The number of hydrogen-bond donors (Lipinski definition) is 1. The second-order valence-corrected chi connectivity index (χ2v) is 9.44. The summed E-state index contributed by atoms with van der Waals surface area (Å²) < 4.78 is 18.1. The Kier molecular flexibility index (Phi) is 5.95. The summed E-state index contributed by atoms with van der Waals surface area (Å²) >= 11 is 0. The van der Waals surface area contributed by atoms with Crippen LogP contribution < -0.4 is 0 Å². The predicted octanol–water partition coefficient (Wildman–Crippen LogP) is 5.76. The molecule has 4 unspecified atom stereocenters. The molecule has 2 saturated heterocycles. The lowest BCUT2D eigenvalue weighted by Crippen LogP contribution is -2.37. The largest absolute Gasteiger partial charge is 0.507 e. The van der Waals surface area contributed by atoms with Gasteiger partial charge in [0.15, 0.2) is 6.29 Å². The van der Waals surface area contributed by atoms with Crippen LogP contribution in [0, 0.1) is 5.92 Å². The Morgan fingerprint density at radius 2 is 2.13 bits per heavy atom. The number of hydrogen-bond acceptors (Lipinski definition) is 5. The number of carbonyl (C=O) groups is 1. The summed E-state index contributed by atoms with van der Waals surface area (Å²) in [5, 5.41) is 11.6. The van der Waals surface area contributed by atoms with Crippen LogP contribution in [-0.2, 0) is 15.9 Å². The first kappa shape index (κ1) is 21.4. The molecule has 1 aromatic heterocycles. The van der Waals surface area contributed by atoms with E-state index in [4.69, 9.17) is 13.9 Å². The molecule has 5 heteroatoms. The molecular weight excluding hydrogens is 380 g/mol. The highest BCUT2D eigenvalue weighted by molar-refractivity contribution is 6.00. The highest BCUT2D eigenvalue weighted by atomic mass is 16.6. The van der Waals surface area contributed by atoms with Crippen molar-refractivity contribution >= 4 is 17.3 Å². The number of aromatic hydroxyl groups is 1. The number of rotatable bonds is 8. The molecule has 164 valence electrons. The summed E-state index contributed by atoms with van der Waals surface area (Å²) in [6, 6.07) is 2.01. The molecule has 1 aromatic carbocycles. The third-order valence-corrected chi connectivity index (χ3v) is 6.85. The molecule has 0 bridgehead atoms. The van der Waals surface area contributed by atoms with E-state index in [0.29, 0.717) is 36.9 Å². The van der Waals surface area contributed by atoms with E-state index < -0.39 is 0 Å². The fraction of sp³-hybridized carbons (Fsp3) is 0.640. The van der Waals surface area contributed by atoms with E-state index >= 15 is 0 Å². The predicted molar refractivity (Wildman–Crippen MR) is 116 cm³/mol. The van der Waals surface area contributed by atoms with Crippen LogP contribution in [0.15, 0.2) is 16.7 Å². The number of phenols is 1. The van der Waals surface area contributed by atoms with E-state index in [1.165, 1.54) is 0 Å². The quantitative estimate of drug-likeness (QED) is 0.439. The molecule has 3 heterocycles. The monoisotopic (exact) mass is 414 g/mol. The summed E-state index contributed by atoms with van der Waals surface area (Å²) in [4.78, 5) is 11.8. The molecule has 2 aromatic rings. The Bertz CT molecular complexity index is 904. The van der Waals surface area contributed by atoms with Gasteiger partial charge in [-0.05, 0) is 49.7 Å². The molecule has 5 nitrogen and oxygen atoms in total. The van der Waals surface area contributed by atoms with Crippen LogP contribution in [0.25, 0.3) is 11.0 Å². The Morgan fingerprint density at radius 3 is 2.70 bits per heavy atom. The summed E-state index contributed by atoms with van der Waals surface area (Å²) in [5.41, 5.74) is 2.57. The average Bonchev–Trinajstić information content (AvgIpc) is 3.25. The van der Waals surface area contributed by atoms with Crippen LogP contribution in [0.1, 0.15) is 87.2 Å². The summed E-state index contributed by atoms with van der Waals surface area (Å²) in [6.45, 7) is 9.22. The lowest BCUT2D eigenvalue weighted by molar-refractivity contribution is -0.0429. The molecule has 1 N–H and O–H groups in total. The van der Waals surface area contributed by atoms with Gasteiger partial charge < -0.3 is 19.0 Å². The van der Waals surface area contributed by atoms with Crippen molar-refractivity contribution in [3.63, 3.8) is 0 Å². The highest BCUT2D eigenvalue weighted by Gasteiger charge is 2.57. The summed E-state index contributed by atoms with van der Waals surface area (Å²) in [6.07, 6.45) is 8.70. The van der Waals surface area contributed by atoms with E-state index in [9.17, 15) is 9.90 Å². The molecule has 4 atom stereocenters. The summed E-state index contributed by atoms with van der Waals surface area (Å²) in [5.74, 6) is 0.618. The number of ether oxygens (including phenoxy) is 2.